The maximum absolute atomic E-state index is 5.30. The third-order valence-electron chi connectivity index (χ3n) is 4.08. The topological polar surface area (TPSA) is 95.7 Å². The Hall–Kier alpha value is -3.88. The number of fused-ring (bicyclic) bond motifs is 1. The van der Waals surface area contributed by atoms with Gasteiger partial charge in [0.1, 0.15) is 17.2 Å². The van der Waals surface area contributed by atoms with E-state index < -0.39 is 0 Å². The standard InChI is InChI=1S/C19H18N6O3/c1-26-14-8-13(9-15(10-14)27-2)22-19-23-18-17(20-6-7-25(18)24-19)12-4-5-16(28-3)21-11-12/h4-11H,1-3H3,(H,22,24). The first-order valence-corrected chi connectivity index (χ1v) is 8.42. The molecule has 0 unspecified atom stereocenters. The van der Waals surface area contributed by atoms with Crippen molar-refractivity contribution in [3.05, 3.63) is 48.9 Å². The summed E-state index contributed by atoms with van der Waals surface area (Å²) in [5.41, 5.74) is 2.83. The molecular weight excluding hydrogens is 360 g/mol. The van der Waals surface area contributed by atoms with Gasteiger partial charge in [-0.2, -0.15) is 4.98 Å². The van der Waals surface area contributed by atoms with Crippen molar-refractivity contribution < 1.29 is 14.2 Å². The van der Waals surface area contributed by atoms with Gasteiger partial charge in [0.25, 0.3) is 0 Å². The Morgan fingerprint density at radius 2 is 1.71 bits per heavy atom. The zero-order valence-electron chi connectivity index (χ0n) is 15.6. The van der Waals surface area contributed by atoms with Crippen LogP contribution >= 0.6 is 0 Å². The van der Waals surface area contributed by atoms with Crippen LogP contribution in [0, 0.1) is 0 Å². The summed E-state index contributed by atoms with van der Waals surface area (Å²) in [6.07, 6.45) is 5.09. The van der Waals surface area contributed by atoms with Crippen LogP contribution in [0.3, 0.4) is 0 Å². The molecule has 3 aromatic heterocycles. The van der Waals surface area contributed by atoms with E-state index in [1.54, 1.807) is 56.6 Å². The van der Waals surface area contributed by atoms with Crippen LogP contribution in [0.5, 0.6) is 17.4 Å². The number of pyridine rings is 1. The predicted molar refractivity (Wildman–Crippen MR) is 103 cm³/mol. The Bertz CT molecular complexity index is 1090. The van der Waals surface area contributed by atoms with Gasteiger partial charge in [-0.3, -0.25) is 4.98 Å². The Morgan fingerprint density at radius 3 is 2.36 bits per heavy atom. The van der Waals surface area contributed by atoms with Crippen molar-refractivity contribution in [2.24, 2.45) is 0 Å². The van der Waals surface area contributed by atoms with E-state index in [2.05, 4.69) is 25.4 Å². The van der Waals surface area contributed by atoms with E-state index in [9.17, 15) is 0 Å². The second kappa shape index (κ2) is 7.39. The zero-order valence-corrected chi connectivity index (χ0v) is 15.6. The molecule has 142 valence electrons. The Kier molecular flexibility index (Phi) is 4.63. The molecule has 0 aliphatic carbocycles. The summed E-state index contributed by atoms with van der Waals surface area (Å²) in [5, 5.41) is 7.64. The van der Waals surface area contributed by atoms with Gasteiger partial charge >= 0.3 is 0 Å². The van der Waals surface area contributed by atoms with Gasteiger partial charge in [0, 0.05) is 54.1 Å². The van der Waals surface area contributed by atoms with Gasteiger partial charge in [-0.05, 0) is 6.07 Å². The van der Waals surface area contributed by atoms with E-state index in [-0.39, 0.29) is 0 Å². The summed E-state index contributed by atoms with van der Waals surface area (Å²) in [7, 11) is 4.77. The summed E-state index contributed by atoms with van der Waals surface area (Å²) in [4.78, 5) is 13.2. The van der Waals surface area contributed by atoms with Crippen LogP contribution in [0.25, 0.3) is 16.9 Å². The number of hydrogen-bond acceptors (Lipinski definition) is 8. The van der Waals surface area contributed by atoms with Gasteiger partial charge in [0.2, 0.25) is 11.8 Å². The van der Waals surface area contributed by atoms with Crippen LogP contribution in [-0.2, 0) is 0 Å². The summed E-state index contributed by atoms with van der Waals surface area (Å²) < 4.78 is 17.4. The fourth-order valence-electron chi connectivity index (χ4n) is 2.72. The van der Waals surface area contributed by atoms with Gasteiger partial charge in [-0.1, -0.05) is 0 Å². The lowest BCUT2D eigenvalue weighted by Crippen LogP contribution is -1.95. The third-order valence-corrected chi connectivity index (χ3v) is 4.08. The maximum Gasteiger partial charge on any atom is 0.247 e. The number of rotatable bonds is 6. The third kappa shape index (κ3) is 3.37. The SMILES string of the molecule is COc1cc(Nc2nc3c(-c4ccc(OC)nc4)nccn3n2)cc(OC)c1. The van der Waals surface area contributed by atoms with E-state index in [1.807, 2.05) is 18.2 Å². The van der Waals surface area contributed by atoms with Gasteiger partial charge in [-0.15, -0.1) is 5.10 Å². The highest BCUT2D eigenvalue weighted by atomic mass is 16.5. The highest BCUT2D eigenvalue weighted by Gasteiger charge is 2.12. The van der Waals surface area contributed by atoms with Crippen molar-refractivity contribution in [1.29, 1.82) is 0 Å². The first-order valence-electron chi connectivity index (χ1n) is 8.42. The van der Waals surface area contributed by atoms with Gasteiger partial charge in [0.15, 0.2) is 5.65 Å². The van der Waals surface area contributed by atoms with E-state index >= 15 is 0 Å². The van der Waals surface area contributed by atoms with Gasteiger partial charge < -0.3 is 19.5 Å². The molecule has 1 N–H and O–H groups in total. The van der Waals surface area contributed by atoms with Crippen molar-refractivity contribution in [2.75, 3.05) is 26.6 Å². The molecule has 0 bridgehead atoms. The Labute approximate surface area is 160 Å². The molecule has 0 aliphatic rings. The van der Waals surface area contributed by atoms with Gasteiger partial charge in [0.05, 0.1) is 21.3 Å². The number of aromatic nitrogens is 5. The Morgan fingerprint density at radius 1 is 0.929 bits per heavy atom. The molecule has 0 atom stereocenters. The highest BCUT2D eigenvalue weighted by molar-refractivity contribution is 5.74. The normalized spacial score (nSPS) is 10.7. The minimum atomic E-state index is 0.422. The predicted octanol–water partition coefficient (Wildman–Crippen LogP) is 2.96. The lowest BCUT2D eigenvalue weighted by atomic mass is 10.2. The number of nitrogens with one attached hydrogen (secondary N) is 1. The van der Waals surface area contributed by atoms with E-state index in [0.29, 0.717) is 34.7 Å². The van der Waals surface area contributed by atoms with Crippen molar-refractivity contribution in [1.82, 2.24) is 24.6 Å². The largest absolute Gasteiger partial charge is 0.497 e. The number of anilines is 2. The number of benzene rings is 1. The van der Waals surface area contributed by atoms with E-state index in [4.69, 9.17) is 14.2 Å². The summed E-state index contributed by atoms with van der Waals surface area (Å²) in [6, 6.07) is 9.12. The van der Waals surface area contributed by atoms with Crippen molar-refractivity contribution in [3.63, 3.8) is 0 Å². The molecule has 4 rings (SSSR count). The number of hydrogen-bond donors (Lipinski definition) is 1. The maximum atomic E-state index is 5.30. The average molecular weight is 378 g/mol. The molecule has 9 nitrogen and oxygen atoms in total. The molecule has 28 heavy (non-hydrogen) atoms. The van der Waals surface area contributed by atoms with Crippen molar-refractivity contribution >= 4 is 17.3 Å². The summed E-state index contributed by atoms with van der Waals surface area (Å²) >= 11 is 0. The van der Waals surface area contributed by atoms with Gasteiger partial charge in [-0.25, -0.2) is 9.50 Å². The number of nitrogens with zero attached hydrogens (tertiary/aromatic N) is 5. The van der Waals surface area contributed by atoms with Crippen LogP contribution in [0.4, 0.5) is 11.6 Å². The molecule has 0 radical (unpaired) electrons. The monoisotopic (exact) mass is 378 g/mol. The van der Waals surface area contributed by atoms with E-state index in [1.165, 1.54) is 0 Å². The van der Waals surface area contributed by atoms with Crippen LogP contribution in [-0.4, -0.2) is 45.9 Å². The van der Waals surface area contributed by atoms with Crippen molar-refractivity contribution in [3.8, 4) is 28.6 Å². The molecule has 9 heteroatoms. The second-order valence-corrected chi connectivity index (χ2v) is 5.80. The lowest BCUT2D eigenvalue weighted by molar-refractivity contribution is 0.395. The first-order chi connectivity index (χ1) is 13.7. The fourth-order valence-corrected chi connectivity index (χ4v) is 2.72. The molecule has 0 saturated carbocycles. The van der Waals surface area contributed by atoms with Crippen LogP contribution in [0.15, 0.2) is 48.9 Å². The lowest BCUT2D eigenvalue weighted by Gasteiger charge is -2.08. The highest BCUT2D eigenvalue weighted by Crippen LogP contribution is 2.28. The second-order valence-electron chi connectivity index (χ2n) is 5.80. The number of methoxy groups -OCH3 is 3. The minimum Gasteiger partial charge on any atom is -0.497 e. The van der Waals surface area contributed by atoms with Crippen LogP contribution < -0.4 is 19.5 Å². The number of ether oxygens (including phenoxy) is 3. The van der Waals surface area contributed by atoms with Crippen molar-refractivity contribution in [2.45, 2.75) is 0 Å². The molecule has 1 aromatic carbocycles. The summed E-state index contributed by atoms with van der Waals surface area (Å²) in [5.74, 6) is 2.28. The molecule has 3 heterocycles. The quantitative estimate of drug-likeness (QED) is 0.547. The first kappa shape index (κ1) is 17.5. The molecule has 0 spiro atoms. The van der Waals surface area contributed by atoms with Crippen LogP contribution in [0.1, 0.15) is 0 Å². The average Bonchev–Trinajstić information content (AvgIpc) is 3.15. The molecule has 4 aromatic rings. The zero-order chi connectivity index (χ0) is 19.5. The molecule has 0 aliphatic heterocycles. The smallest absolute Gasteiger partial charge is 0.247 e. The van der Waals surface area contributed by atoms with Crippen LogP contribution in [0.2, 0.25) is 0 Å². The molecule has 0 saturated heterocycles. The van der Waals surface area contributed by atoms with E-state index in [0.717, 1.165) is 11.3 Å². The summed E-state index contributed by atoms with van der Waals surface area (Å²) in [6.45, 7) is 0. The molecule has 0 fully saturated rings. The fraction of sp³-hybridized carbons (Fsp3) is 0.158. The Balaban J connectivity index is 1.70. The molecular formula is C19H18N6O3. The minimum absolute atomic E-state index is 0.422. The molecule has 0 amide bonds.